The lowest BCUT2D eigenvalue weighted by molar-refractivity contribution is -0.132. The highest BCUT2D eigenvalue weighted by atomic mass is 35.5. The van der Waals surface area contributed by atoms with Gasteiger partial charge in [-0.2, -0.15) is 0 Å². The van der Waals surface area contributed by atoms with Crippen LogP contribution >= 0.6 is 23.2 Å². The smallest absolute Gasteiger partial charge is 0.323 e. The van der Waals surface area contributed by atoms with Gasteiger partial charge in [0.25, 0.3) is 5.91 Å². The molecular formula is C14H14Cl2N2O4S. The van der Waals surface area contributed by atoms with Gasteiger partial charge in [0.1, 0.15) is 5.54 Å². The quantitative estimate of drug-likeness (QED) is 0.799. The van der Waals surface area contributed by atoms with E-state index in [0.717, 1.165) is 4.90 Å². The molecule has 0 radical (unpaired) electrons. The fraction of sp³-hybridized carbons (Fsp3) is 0.429. The zero-order chi connectivity index (χ0) is 16.8. The predicted molar refractivity (Wildman–Crippen MR) is 86.2 cm³/mol. The van der Waals surface area contributed by atoms with Gasteiger partial charge < -0.3 is 5.32 Å². The van der Waals surface area contributed by atoms with Crippen molar-refractivity contribution in [1.29, 1.82) is 0 Å². The Morgan fingerprint density at radius 2 is 1.70 bits per heavy atom. The molecule has 2 fully saturated rings. The van der Waals surface area contributed by atoms with Crippen molar-refractivity contribution in [1.82, 2.24) is 10.2 Å². The summed E-state index contributed by atoms with van der Waals surface area (Å²) in [6, 6.07) is 4.38. The van der Waals surface area contributed by atoms with Crippen molar-refractivity contribution in [3.05, 3.63) is 33.8 Å². The third kappa shape index (κ3) is 2.93. The Balaban J connectivity index is 1.85. The van der Waals surface area contributed by atoms with Crippen molar-refractivity contribution in [2.45, 2.75) is 24.9 Å². The number of nitrogens with zero attached hydrogens (tertiary/aromatic N) is 1. The van der Waals surface area contributed by atoms with Crippen LogP contribution in [0.3, 0.4) is 0 Å². The summed E-state index contributed by atoms with van der Waals surface area (Å²) in [6.07, 6.45) is 0.180. The van der Waals surface area contributed by atoms with Crippen molar-refractivity contribution >= 4 is 45.0 Å². The lowest BCUT2D eigenvalue weighted by Gasteiger charge is -2.30. The van der Waals surface area contributed by atoms with E-state index in [1.54, 1.807) is 18.2 Å². The van der Waals surface area contributed by atoms with Crippen LogP contribution < -0.4 is 5.32 Å². The molecular weight excluding hydrogens is 363 g/mol. The first kappa shape index (κ1) is 16.5. The Bertz CT molecular complexity index is 760. The van der Waals surface area contributed by atoms with Crippen LogP contribution in [0.2, 0.25) is 10.0 Å². The average Bonchev–Trinajstić information content (AvgIpc) is 2.70. The first-order chi connectivity index (χ1) is 10.7. The molecule has 1 aromatic carbocycles. The van der Waals surface area contributed by atoms with E-state index < -0.39 is 27.3 Å². The van der Waals surface area contributed by atoms with E-state index >= 15 is 0 Å². The molecule has 124 valence electrons. The van der Waals surface area contributed by atoms with Crippen molar-refractivity contribution in [2.75, 3.05) is 11.5 Å². The maximum Gasteiger partial charge on any atom is 0.325 e. The summed E-state index contributed by atoms with van der Waals surface area (Å²) >= 11 is 12.2. The minimum Gasteiger partial charge on any atom is -0.323 e. The van der Waals surface area contributed by atoms with Crippen LogP contribution in [0.25, 0.3) is 0 Å². The van der Waals surface area contributed by atoms with Gasteiger partial charge in [-0.1, -0.05) is 29.3 Å². The molecule has 9 heteroatoms. The number of sulfone groups is 1. The average molecular weight is 377 g/mol. The zero-order valence-electron chi connectivity index (χ0n) is 12.0. The molecule has 3 amide bonds. The molecule has 3 rings (SSSR count). The topological polar surface area (TPSA) is 83.5 Å². The van der Waals surface area contributed by atoms with E-state index in [0.29, 0.717) is 15.6 Å². The summed E-state index contributed by atoms with van der Waals surface area (Å²) in [7, 11) is -3.14. The number of carbonyl (C=O) groups excluding carboxylic acids is 2. The Hall–Kier alpha value is -1.31. The number of halogens is 2. The Kier molecular flexibility index (Phi) is 4.06. The molecule has 0 saturated carbocycles. The van der Waals surface area contributed by atoms with E-state index in [-0.39, 0.29) is 30.9 Å². The summed E-state index contributed by atoms with van der Waals surface area (Å²) in [4.78, 5) is 25.9. The summed E-state index contributed by atoms with van der Waals surface area (Å²) < 4.78 is 23.1. The minimum absolute atomic E-state index is 0.0440. The van der Waals surface area contributed by atoms with Crippen LogP contribution in [0, 0.1) is 0 Å². The standard InChI is InChI=1S/C14H14Cl2N2O4S/c15-10-2-1-3-11(16)9(10)8-18-12(19)14(17-13(18)20)4-6-23(21,22)7-5-14/h1-3H,4-8H2,(H,17,20). The van der Waals surface area contributed by atoms with Gasteiger partial charge in [-0.25, -0.2) is 13.2 Å². The van der Waals surface area contributed by atoms with Gasteiger partial charge in [0.2, 0.25) is 0 Å². The highest BCUT2D eigenvalue weighted by Crippen LogP contribution is 2.33. The van der Waals surface area contributed by atoms with Crippen LogP contribution in [0.1, 0.15) is 18.4 Å². The highest BCUT2D eigenvalue weighted by Gasteiger charge is 2.53. The van der Waals surface area contributed by atoms with Gasteiger partial charge >= 0.3 is 6.03 Å². The fourth-order valence-corrected chi connectivity index (χ4v) is 4.93. The number of hydrogen-bond acceptors (Lipinski definition) is 4. The number of benzene rings is 1. The van der Waals surface area contributed by atoms with Crippen molar-refractivity contribution in [3.8, 4) is 0 Å². The number of hydrogen-bond donors (Lipinski definition) is 1. The second-order valence-corrected chi connectivity index (χ2v) is 8.87. The second-order valence-electron chi connectivity index (χ2n) is 5.76. The molecule has 1 aromatic rings. The molecule has 2 aliphatic rings. The van der Waals surface area contributed by atoms with Gasteiger partial charge in [0, 0.05) is 15.6 Å². The Morgan fingerprint density at radius 3 is 2.26 bits per heavy atom. The van der Waals surface area contributed by atoms with Crippen molar-refractivity contribution < 1.29 is 18.0 Å². The number of carbonyl (C=O) groups is 2. The predicted octanol–water partition coefficient (Wildman–Crippen LogP) is 1.99. The molecule has 0 aliphatic carbocycles. The third-order valence-corrected chi connectivity index (χ3v) is 6.66. The van der Waals surface area contributed by atoms with Gasteiger partial charge in [-0.15, -0.1) is 0 Å². The molecule has 1 N–H and O–H groups in total. The monoisotopic (exact) mass is 376 g/mol. The molecule has 1 spiro atoms. The van der Waals surface area contributed by atoms with Crippen molar-refractivity contribution in [2.24, 2.45) is 0 Å². The number of urea groups is 1. The van der Waals surface area contributed by atoms with Gasteiger partial charge in [0.05, 0.1) is 18.1 Å². The Labute approximate surface area is 143 Å². The van der Waals surface area contributed by atoms with Crippen LogP contribution in [0.5, 0.6) is 0 Å². The molecule has 6 nitrogen and oxygen atoms in total. The van der Waals surface area contributed by atoms with E-state index in [4.69, 9.17) is 23.2 Å². The molecule has 0 unspecified atom stereocenters. The van der Waals surface area contributed by atoms with E-state index in [2.05, 4.69) is 5.32 Å². The lowest BCUT2D eigenvalue weighted by Crippen LogP contribution is -2.52. The van der Waals surface area contributed by atoms with Crippen LogP contribution in [0.15, 0.2) is 18.2 Å². The van der Waals surface area contributed by atoms with E-state index in [1.807, 2.05) is 0 Å². The summed E-state index contributed by atoms with van der Waals surface area (Å²) in [5.74, 6) is -0.646. The fourth-order valence-electron chi connectivity index (χ4n) is 2.89. The third-order valence-electron chi connectivity index (χ3n) is 4.30. The molecule has 23 heavy (non-hydrogen) atoms. The SMILES string of the molecule is O=C1NC2(CCS(=O)(=O)CC2)C(=O)N1Cc1c(Cl)cccc1Cl. The number of amides is 3. The molecule has 0 aromatic heterocycles. The van der Waals surface area contributed by atoms with Crippen LogP contribution in [-0.2, 0) is 21.2 Å². The second kappa shape index (κ2) is 5.65. The molecule has 2 saturated heterocycles. The number of nitrogens with one attached hydrogen (secondary N) is 1. The maximum absolute atomic E-state index is 12.7. The number of rotatable bonds is 2. The first-order valence-corrected chi connectivity index (χ1v) is 9.59. The molecule has 0 bridgehead atoms. The maximum atomic E-state index is 12.7. The minimum atomic E-state index is -3.14. The number of imide groups is 1. The summed E-state index contributed by atoms with van der Waals surface area (Å²) in [5.41, 5.74) is -0.643. The van der Waals surface area contributed by atoms with Gasteiger partial charge in [-0.3, -0.25) is 9.69 Å². The lowest BCUT2D eigenvalue weighted by atomic mass is 9.92. The van der Waals surface area contributed by atoms with Crippen LogP contribution in [0.4, 0.5) is 4.79 Å². The summed E-state index contributed by atoms with van der Waals surface area (Å²) in [6.45, 7) is -0.0440. The van der Waals surface area contributed by atoms with E-state index in [1.165, 1.54) is 0 Å². The van der Waals surface area contributed by atoms with Crippen LogP contribution in [-0.4, -0.2) is 42.3 Å². The van der Waals surface area contributed by atoms with Gasteiger partial charge in [0.15, 0.2) is 9.84 Å². The van der Waals surface area contributed by atoms with Gasteiger partial charge in [-0.05, 0) is 25.0 Å². The van der Waals surface area contributed by atoms with Crippen molar-refractivity contribution in [3.63, 3.8) is 0 Å². The molecule has 2 heterocycles. The highest BCUT2D eigenvalue weighted by molar-refractivity contribution is 7.91. The normalized spacial score (nSPS) is 22.4. The zero-order valence-corrected chi connectivity index (χ0v) is 14.3. The van der Waals surface area contributed by atoms with E-state index in [9.17, 15) is 18.0 Å². The largest absolute Gasteiger partial charge is 0.325 e. The molecule has 2 aliphatic heterocycles. The Morgan fingerprint density at radius 1 is 1.13 bits per heavy atom. The molecule has 0 atom stereocenters. The first-order valence-electron chi connectivity index (χ1n) is 7.02. The summed E-state index contributed by atoms with van der Waals surface area (Å²) in [5, 5.41) is 3.38.